The number of nitrogens with one attached hydrogen (secondary N) is 2. The van der Waals surface area contributed by atoms with E-state index in [0.717, 1.165) is 38.2 Å². The van der Waals surface area contributed by atoms with Crippen LogP contribution in [0.2, 0.25) is 0 Å². The highest BCUT2D eigenvalue weighted by Gasteiger charge is 2.44. The Morgan fingerprint density at radius 1 is 1.07 bits per heavy atom. The van der Waals surface area contributed by atoms with E-state index < -0.39 is 26.2 Å². The number of anilines is 1. The fourth-order valence-corrected chi connectivity index (χ4v) is 8.00. The van der Waals surface area contributed by atoms with Crippen LogP contribution in [0.25, 0.3) is 0 Å². The summed E-state index contributed by atoms with van der Waals surface area (Å²) < 4.78 is 66.2. The number of aliphatic hydroxyl groups is 1. The summed E-state index contributed by atoms with van der Waals surface area (Å²) in [4.78, 5) is 6.97. The van der Waals surface area contributed by atoms with Gasteiger partial charge in [0.15, 0.2) is 0 Å². The molecule has 0 radical (unpaired) electrons. The van der Waals surface area contributed by atoms with Crippen molar-refractivity contribution in [3.8, 4) is 5.75 Å². The number of ether oxygens (including phenoxy) is 2. The third-order valence-electron chi connectivity index (χ3n) is 8.35. The molecular formula is C28H41N5O7S2. The van der Waals surface area contributed by atoms with Crippen LogP contribution in [0.1, 0.15) is 38.5 Å². The van der Waals surface area contributed by atoms with E-state index in [-0.39, 0.29) is 34.6 Å². The monoisotopic (exact) mass is 623 g/mol. The number of aromatic nitrogens is 1. The van der Waals surface area contributed by atoms with Gasteiger partial charge in [0.2, 0.25) is 20.0 Å². The predicted octanol–water partition coefficient (Wildman–Crippen LogP) is 1.32. The molecule has 5 rings (SSSR count). The van der Waals surface area contributed by atoms with Gasteiger partial charge in [-0.3, -0.25) is 0 Å². The molecule has 0 aliphatic carbocycles. The lowest BCUT2D eigenvalue weighted by atomic mass is 9.88. The van der Waals surface area contributed by atoms with Crippen LogP contribution >= 0.6 is 0 Å². The van der Waals surface area contributed by atoms with Crippen molar-refractivity contribution in [3.63, 3.8) is 0 Å². The number of aliphatic hydroxyl groups excluding tert-OH is 1. The summed E-state index contributed by atoms with van der Waals surface area (Å²) in [5.74, 6) is 1.18. The summed E-state index contributed by atoms with van der Waals surface area (Å²) in [6, 6.07) is 9.60. The van der Waals surface area contributed by atoms with Crippen molar-refractivity contribution in [1.82, 2.24) is 19.3 Å². The van der Waals surface area contributed by atoms with Gasteiger partial charge < -0.3 is 24.8 Å². The number of piperidine rings is 2. The van der Waals surface area contributed by atoms with Crippen molar-refractivity contribution in [3.05, 3.63) is 42.6 Å². The zero-order chi connectivity index (χ0) is 29.8. The first-order valence-corrected chi connectivity index (χ1v) is 17.5. The molecule has 2 aromatic rings. The van der Waals surface area contributed by atoms with Gasteiger partial charge in [-0.05, 0) is 69.8 Å². The first-order chi connectivity index (χ1) is 20.1. The molecule has 2 atom stereocenters. The third kappa shape index (κ3) is 7.24. The van der Waals surface area contributed by atoms with Crippen LogP contribution in [-0.2, 0) is 24.8 Å². The minimum atomic E-state index is -3.64. The quantitative estimate of drug-likeness (QED) is 0.335. The Morgan fingerprint density at radius 2 is 1.83 bits per heavy atom. The summed E-state index contributed by atoms with van der Waals surface area (Å²) >= 11 is 0. The molecule has 1 aromatic carbocycles. The van der Waals surface area contributed by atoms with Crippen LogP contribution < -0.4 is 19.7 Å². The Hall–Kier alpha value is -2.33. The molecule has 3 N–H and O–H groups in total. The number of hydrogen-bond donors (Lipinski definition) is 3. The van der Waals surface area contributed by atoms with Crippen LogP contribution in [0.5, 0.6) is 5.75 Å². The van der Waals surface area contributed by atoms with E-state index in [4.69, 9.17) is 9.47 Å². The molecule has 1 spiro atoms. The lowest BCUT2D eigenvalue weighted by Gasteiger charge is -2.38. The Bertz CT molecular complexity index is 1410. The van der Waals surface area contributed by atoms with Crippen molar-refractivity contribution in [1.29, 1.82) is 0 Å². The zero-order valence-electron chi connectivity index (χ0n) is 23.9. The molecule has 2 unspecified atom stereocenters. The molecule has 3 aliphatic rings. The van der Waals surface area contributed by atoms with Gasteiger partial charge in [-0.15, -0.1) is 0 Å². The smallest absolute Gasteiger partial charge is 0.244 e. The van der Waals surface area contributed by atoms with Crippen LogP contribution in [0.15, 0.2) is 52.4 Å². The van der Waals surface area contributed by atoms with E-state index >= 15 is 0 Å². The highest BCUT2D eigenvalue weighted by molar-refractivity contribution is 7.89. The van der Waals surface area contributed by atoms with Gasteiger partial charge in [0.25, 0.3) is 0 Å². The van der Waals surface area contributed by atoms with Crippen molar-refractivity contribution in [2.24, 2.45) is 0 Å². The molecule has 3 aliphatic heterocycles. The molecule has 14 heteroatoms. The van der Waals surface area contributed by atoms with E-state index in [0.29, 0.717) is 38.3 Å². The summed E-state index contributed by atoms with van der Waals surface area (Å²) in [5.41, 5.74) is -0.388. The maximum absolute atomic E-state index is 13.3. The first-order valence-electron chi connectivity index (χ1n) is 14.5. The normalized spacial score (nSPS) is 22.3. The molecule has 0 bridgehead atoms. The largest absolute Gasteiger partial charge is 0.491 e. The van der Waals surface area contributed by atoms with Crippen molar-refractivity contribution >= 4 is 25.9 Å². The summed E-state index contributed by atoms with van der Waals surface area (Å²) in [6.07, 6.45) is 6.08. The van der Waals surface area contributed by atoms with Gasteiger partial charge in [-0.2, -0.15) is 4.31 Å². The number of hydrogen-bond acceptors (Lipinski definition) is 10. The number of benzene rings is 1. The van der Waals surface area contributed by atoms with Gasteiger partial charge in [0.05, 0.1) is 17.1 Å². The van der Waals surface area contributed by atoms with E-state index in [1.54, 1.807) is 18.2 Å². The second-order valence-corrected chi connectivity index (χ2v) is 15.1. The molecular weight excluding hydrogens is 582 g/mol. The van der Waals surface area contributed by atoms with Crippen LogP contribution in [0, 0.1) is 0 Å². The predicted molar refractivity (Wildman–Crippen MR) is 158 cm³/mol. The van der Waals surface area contributed by atoms with Gasteiger partial charge in [0.1, 0.15) is 29.2 Å². The first kappa shape index (κ1) is 31.1. The number of sulfonamides is 2. The molecule has 12 nitrogen and oxygen atoms in total. The maximum atomic E-state index is 13.3. The van der Waals surface area contributed by atoms with Crippen LogP contribution in [0.3, 0.4) is 0 Å². The fraction of sp³-hybridized carbons (Fsp3) is 0.607. The molecule has 232 valence electrons. The number of rotatable bonds is 11. The summed E-state index contributed by atoms with van der Waals surface area (Å²) in [7, 11) is -5.88. The summed E-state index contributed by atoms with van der Waals surface area (Å²) in [6.45, 7) is 3.41. The molecule has 3 saturated heterocycles. The van der Waals surface area contributed by atoms with Crippen LogP contribution in [0.4, 0.5) is 5.82 Å². The zero-order valence-corrected chi connectivity index (χ0v) is 25.6. The Kier molecular flexibility index (Phi) is 9.72. The maximum Gasteiger partial charge on any atom is 0.244 e. The molecule has 0 saturated carbocycles. The van der Waals surface area contributed by atoms with Gasteiger partial charge in [-0.25, -0.2) is 26.5 Å². The lowest BCUT2D eigenvalue weighted by Crippen LogP contribution is -2.47. The second-order valence-electron chi connectivity index (χ2n) is 11.3. The Morgan fingerprint density at radius 3 is 2.52 bits per heavy atom. The van der Waals surface area contributed by atoms with E-state index in [2.05, 4.69) is 19.9 Å². The van der Waals surface area contributed by atoms with Gasteiger partial charge in [0, 0.05) is 51.0 Å². The Labute approximate surface area is 248 Å². The Balaban J connectivity index is 1.06. The highest BCUT2D eigenvalue weighted by Crippen LogP contribution is 2.37. The molecule has 1 aromatic heterocycles. The topological polar surface area (TPSA) is 150 Å². The van der Waals surface area contributed by atoms with Crippen molar-refractivity contribution in [2.45, 2.75) is 66.1 Å². The number of pyridine rings is 1. The molecule has 0 amide bonds. The summed E-state index contributed by atoms with van der Waals surface area (Å²) in [5, 5.41) is 13.8. The molecule has 3 fully saturated rings. The van der Waals surface area contributed by atoms with Gasteiger partial charge in [-0.1, -0.05) is 6.07 Å². The standard InChI is InChI=1S/C28H41N5O7S2/c1-29-41(35,36)25-7-5-6-24(16-25)39-21-23(34)18-30-22-17-28(40-20-22)10-14-33(15-11-28)42(37,38)26-8-9-27(31-19-26)32-12-3-2-4-13-32/h5-9,16,19,22-23,29-30,34H,2-4,10-15,17-18,20-21H2,1H3. The van der Waals surface area contributed by atoms with E-state index in [9.17, 15) is 21.9 Å². The van der Waals surface area contributed by atoms with Gasteiger partial charge >= 0.3 is 0 Å². The van der Waals surface area contributed by atoms with Crippen molar-refractivity contribution in [2.75, 3.05) is 57.9 Å². The minimum Gasteiger partial charge on any atom is -0.491 e. The lowest BCUT2D eigenvalue weighted by molar-refractivity contribution is -0.0312. The fourth-order valence-electron chi connectivity index (χ4n) is 5.85. The SMILES string of the molecule is CNS(=O)(=O)c1cccc(OCC(O)CNC2COC3(CCN(S(=O)(=O)c4ccc(N5CCCCC5)nc4)CC3)C2)c1. The molecule has 42 heavy (non-hydrogen) atoms. The second kappa shape index (κ2) is 13.1. The minimum absolute atomic E-state index is 0.00450. The average Bonchev–Trinajstić information content (AvgIpc) is 3.41. The highest BCUT2D eigenvalue weighted by atomic mass is 32.2. The number of nitrogens with zero attached hydrogens (tertiary/aromatic N) is 3. The molecule has 4 heterocycles. The average molecular weight is 624 g/mol. The van der Waals surface area contributed by atoms with E-state index in [1.165, 1.54) is 36.1 Å². The van der Waals surface area contributed by atoms with Crippen LogP contribution in [-0.4, -0.2) is 102 Å². The van der Waals surface area contributed by atoms with E-state index in [1.807, 2.05) is 6.07 Å². The van der Waals surface area contributed by atoms with Crippen molar-refractivity contribution < 1.29 is 31.4 Å². The third-order valence-corrected chi connectivity index (χ3v) is 11.6.